The van der Waals surface area contributed by atoms with Crippen molar-refractivity contribution in [3.63, 3.8) is 0 Å². The number of hydrogen-bond donors (Lipinski definition) is 0. The fourth-order valence-corrected chi connectivity index (χ4v) is 3.00. The summed E-state index contributed by atoms with van der Waals surface area (Å²) in [6.07, 6.45) is 3.80. The molecule has 33 heavy (non-hydrogen) atoms. The second-order valence-electron chi connectivity index (χ2n) is 7.60. The molecule has 0 amide bonds. The molecule has 5 nitrogen and oxygen atoms in total. The number of carbonyl (C=O) groups is 2. The van der Waals surface area contributed by atoms with Crippen molar-refractivity contribution >= 4 is 22.7 Å². The van der Waals surface area contributed by atoms with Gasteiger partial charge < -0.3 is 14.2 Å². The van der Waals surface area contributed by atoms with Gasteiger partial charge in [-0.15, -0.1) is 0 Å². The van der Waals surface area contributed by atoms with Crippen LogP contribution in [0.25, 0.3) is 21.9 Å². The maximum absolute atomic E-state index is 11.9. The van der Waals surface area contributed by atoms with E-state index in [0.717, 1.165) is 21.9 Å². The second kappa shape index (κ2) is 10.5. The lowest BCUT2D eigenvalue weighted by Gasteiger charge is -2.14. The largest absolute Gasteiger partial charge is 0.489 e. The number of rotatable bonds is 8. The minimum Gasteiger partial charge on any atom is -0.489 e. The minimum atomic E-state index is -0.490. The van der Waals surface area contributed by atoms with Crippen LogP contribution in [0.5, 0.6) is 17.2 Å². The molecule has 0 heterocycles. The molecule has 3 rings (SSSR count). The number of esters is 2. The summed E-state index contributed by atoms with van der Waals surface area (Å²) in [7, 11) is 0. The van der Waals surface area contributed by atoms with Gasteiger partial charge in [0.15, 0.2) is 0 Å². The molecule has 168 valence electrons. The molecule has 0 unspecified atom stereocenters. The number of benzene rings is 3. The van der Waals surface area contributed by atoms with E-state index < -0.39 is 11.9 Å². The summed E-state index contributed by atoms with van der Waals surface area (Å²) >= 11 is 0. The SMILES string of the molecule is C=C(C)C(=O)Oc1ccc(-c2ccc3cc(OC(=O)C(=C)C)ccc3c2)c(OC/C=C/C)c1. The molecule has 0 radical (unpaired) electrons. The average molecular weight is 443 g/mol. The van der Waals surface area contributed by atoms with Crippen molar-refractivity contribution in [1.29, 1.82) is 0 Å². The van der Waals surface area contributed by atoms with Gasteiger partial charge >= 0.3 is 11.9 Å². The first-order valence-corrected chi connectivity index (χ1v) is 10.5. The highest BCUT2D eigenvalue weighted by molar-refractivity contribution is 5.92. The predicted molar refractivity (Wildman–Crippen MR) is 131 cm³/mol. The van der Waals surface area contributed by atoms with Gasteiger partial charge in [0.25, 0.3) is 0 Å². The number of fused-ring (bicyclic) bond motifs is 1. The van der Waals surface area contributed by atoms with Gasteiger partial charge in [-0.05, 0) is 67.4 Å². The molecule has 0 bridgehead atoms. The number of allylic oxidation sites excluding steroid dienone is 1. The lowest BCUT2D eigenvalue weighted by atomic mass is 10.00. The van der Waals surface area contributed by atoms with Crippen molar-refractivity contribution in [3.8, 4) is 28.4 Å². The third-order valence-corrected chi connectivity index (χ3v) is 4.76. The van der Waals surface area contributed by atoms with Crippen molar-refractivity contribution in [2.45, 2.75) is 20.8 Å². The molecule has 0 N–H and O–H groups in total. The molecule has 5 heteroatoms. The van der Waals surface area contributed by atoms with E-state index in [2.05, 4.69) is 13.2 Å². The molecule has 0 spiro atoms. The molecule has 0 aliphatic heterocycles. The van der Waals surface area contributed by atoms with Crippen LogP contribution >= 0.6 is 0 Å². The monoisotopic (exact) mass is 442 g/mol. The van der Waals surface area contributed by atoms with Crippen molar-refractivity contribution in [2.75, 3.05) is 6.61 Å². The van der Waals surface area contributed by atoms with E-state index in [1.54, 1.807) is 32.0 Å². The van der Waals surface area contributed by atoms with Gasteiger partial charge in [0.05, 0.1) is 0 Å². The zero-order valence-electron chi connectivity index (χ0n) is 19.0. The molecule has 0 fully saturated rings. The van der Waals surface area contributed by atoms with Gasteiger partial charge in [0.2, 0.25) is 0 Å². The molecule has 0 aromatic heterocycles. The van der Waals surface area contributed by atoms with Crippen molar-refractivity contribution in [3.05, 3.63) is 91.1 Å². The van der Waals surface area contributed by atoms with Crippen molar-refractivity contribution < 1.29 is 23.8 Å². The Morgan fingerprint density at radius 2 is 1.39 bits per heavy atom. The number of ether oxygens (including phenoxy) is 3. The molecule has 0 aliphatic rings. The Bertz CT molecular complexity index is 1270. The molecular weight excluding hydrogens is 416 g/mol. The van der Waals surface area contributed by atoms with Gasteiger partial charge in [0.1, 0.15) is 23.9 Å². The van der Waals surface area contributed by atoms with E-state index >= 15 is 0 Å². The fourth-order valence-electron chi connectivity index (χ4n) is 3.00. The Kier molecular flexibility index (Phi) is 7.46. The van der Waals surface area contributed by atoms with Gasteiger partial charge in [0, 0.05) is 22.8 Å². The molecule has 0 saturated heterocycles. The normalized spacial score (nSPS) is 10.8. The summed E-state index contributed by atoms with van der Waals surface area (Å²) in [6, 6.07) is 16.7. The summed E-state index contributed by atoms with van der Waals surface area (Å²) in [5.74, 6) is 0.484. The molecule has 3 aromatic rings. The molecule has 0 saturated carbocycles. The minimum absolute atomic E-state index is 0.318. The maximum atomic E-state index is 11.9. The van der Waals surface area contributed by atoms with Gasteiger partial charge in [-0.2, -0.15) is 0 Å². The molecule has 0 atom stereocenters. The Balaban J connectivity index is 1.96. The summed E-state index contributed by atoms with van der Waals surface area (Å²) in [5.41, 5.74) is 2.45. The Labute approximate surface area is 193 Å². The number of hydrogen-bond acceptors (Lipinski definition) is 5. The maximum Gasteiger partial charge on any atom is 0.338 e. The van der Waals surface area contributed by atoms with E-state index in [1.807, 2.05) is 55.5 Å². The van der Waals surface area contributed by atoms with E-state index in [9.17, 15) is 9.59 Å². The third-order valence-electron chi connectivity index (χ3n) is 4.76. The first kappa shape index (κ1) is 23.5. The topological polar surface area (TPSA) is 61.8 Å². The number of carbonyl (C=O) groups excluding carboxylic acids is 2. The zero-order valence-corrected chi connectivity index (χ0v) is 19.0. The van der Waals surface area contributed by atoms with Gasteiger partial charge in [-0.25, -0.2) is 9.59 Å². The van der Waals surface area contributed by atoms with Crippen LogP contribution < -0.4 is 14.2 Å². The van der Waals surface area contributed by atoms with Crippen molar-refractivity contribution in [1.82, 2.24) is 0 Å². The first-order chi connectivity index (χ1) is 15.8. The average Bonchev–Trinajstić information content (AvgIpc) is 2.79. The Hall–Kier alpha value is -4.12. The lowest BCUT2D eigenvalue weighted by molar-refractivity contribution is -0.130. The van der Waals surface area contributed by atoms with Crippen LogP contribution in [-0.4, -0.2) is 18.5 Å². The van der Waals surface area contributed by atoms with E-state index in [1.165, 1.54) is 0 Å². The van der Waals surface area contributed by atoms with Crippen LogP contribution in [0.1, 0.15) is 20.8 Å². The Morgan fingerprint density at radius 3 is 2.03 bits per heavy atom. The summed E-state index contributed by atoms with van der Waals surface area (Å²) in [6.45, 7) is 12.7. The van der Waals surface area contributed by atoms with Crippen LogP contribution in [-0.2, 0) is 9.59 Å². The highest BCUT2D eigenvalue weighted by atomic mass is 16.5. The van der Waals surface area contributed by atoms with Crippen LogP contribution in [0.4, 0.5) is 0 Å². The van der Waals surface area contributed by atoms with Crippen LogP contribution in [0, 0.1) is 0 Å². The van der Waals surface area contributed by atoms with Crippen molar-refractivity contribution in [2.24, 2.45) is 0 Å². The summed E-state index contributed by atoms with van der Waals surface area (Å²) in [4.78, 5) is 23.7. The predicted octanol–water partition coefficient (Wildman–Crippen LogP) is 6.42. The smallest absolute Gasteiger partial charge is 0.338 e. The van der Waals surface area contributed by atoms with E-state index in [0.29, 0.717) is 35.0 Å². The fraction of sp³-hybridized carbons (Fsp3) is 0.143. The zero-order chi connectivity index (χ0) is 24.0. The van der Waals surface area contributed by atoms with Crippen LogP contribution in [0.3, 0.4) is 0 Å². The van der Waals surface area contributed by atoms with Crippen LogP contribution in [0.15, 0.2) is 91.1 Å². The van der Waals surface area contributed by atoms with Crippen LogP contribution in [0.2, 0.25) is 0 Å². The van der Waals surface area contributed by atoms with Gasteiger partial charge in [-0.1, -0.05) is 43.5 Å². The molecule has 0 aliphatic carbocycles. The molecular formula is C28H26O5. The van der Waals surface area contributed by atoms with E-state index in [4.69, 9.17) is 14.2 Å². The quantitative estimate of drug-likeness (QED) is 0.174. The third kappa shape index (κ3) is 5.98. The highest BCUT2D eigenvalue weighted by Crippen LogP contribution is 2.36. The summed E-state index contributed by atoms with van der Waals surface area (Å²) in [5, 5.41) is 1.90. The highest BCUT2D eigenvalue weighted by Gasteiger charge is 2.13. The standard InChI is InChI=1S/C28H26O5/c1-6-7-14-31-26-17-24(33-28(30)19(4)5)12-13-25(26)22-9-8-21-16-23(11-10-20(21)15-22)32-27(29)18(2)3/h6-13,15-17H,2,4,14H2,1,3,5H3/b7-6+. The summed E-state index contributed by atoms with van der Waals surface area (Å²) < 4.78 is 16.6. The van der Waals surface area contributed by atoms with E-state index in [-0.39, 0.29) is 0 Å². The molecule has 3 aromatic carbocycles. The lowest BCUT2D eigenvalue weighted by Crippen LogP contribution is -2.08. The van der Waals surface area contributed by atoms with Gasteiger partial charge in [-0.3, -0.25) is 0 Å². The second-order valence-corrected chi connectivity index (χ2v) is 7.60. The first-order valence-electron chi connectivity index (χ1n) is 10.5. The Morgan fingerprint density at radius 1 is 0.818 bits per heavy atom.